The van der Waals surface area contributed by atoms with Crippen LogP contribution in [0.25, 0.3) is 11.1 Å². The van der Waals surface area contributed by atoms with Crippen molar-refractivity contribution in [3.63, 3.8) is 0 Å². The fraction of sp³-hybridized carbons (Fsp3) is 0.333. The molecular weight excluding hydrogens is 912 g/mol. The van der Waals surface area contributed by atoms with Gasteiger partial charge >= 0.3 is 19.6 Å². The Morgan fingerprint density at radius 1 is 0.800 bits per heavy atom. The van der Waals surface area contributed by atoms with E-state index in [1.54, 1.807) is 11.8 Å². The van der Waals surface area contributed by atoms with E-state index in [0.29, 0.717) is 5.75 Å². The summed E-state index contributed by atoms with van der Waals surface area (Å²) in [5.74, 6) is 0.313. The molecule has 1 aliphatic carbocycles. The molecule has 1 saturated heterocycles. The van der Waals surface area contributed by atoms with Crippen LogP contribution in [0.15, 0.2) is 155 Å². The number of aromatic amines is 1. The number of methoxy groups -OCH3 is 1. The van der Waals surface area contributed by atoms with Gasteiger partial charge in [0.05, 0.1) is 39.4 Å². The number of rotatable bonds is 19. The predicted octanol–water partition coefficient (Wildman–Crippen LogP) is 9.37. The number of carbonyl (C=O) groups excluding carboxylic acids is 1. The third-order valence-corrected chi connectivity index (χ3v) is 15.2. The van der Waals surface area contributed by atoms with Crippen molar-refractivity contribution >= 4 is 13.9 Å². The predicted molar refractivity (Wildman–Crippen MR) is 263 cm³/mol. The standard InChI is InChI=1S/C54H57N4O11P/c1-36(2)58(37(3)4)70(62,67-32-16-30-55)69-51-48(35-66-54(38-17-8-6-9-18-38,39-19-10-7-11-20-39)40-25-27-41(63-5)28-26-40)64-34-47(57-31-29-49(59)56-52(57)60)50(51)68-53(61)65-33-46-44-23-14-12-21-42(44)43-22-13-15-24-45(43)46/h6-15,17-29,31,36-37,46-48,50-51H,16,32-35H2,1-5H3,(H,56,59,60)/t47-,48-,50+,51-,70?/m1/s1. The maximum atomic E-state index is 15.7. The minimum atomic E-state index is -4.49. The van der Waals surface area contributed by atoms with Gasteiger partial charge in [0.2, 0.25) is 0 Å². The van der Waals surface area contributed by atoms with Crippen molar-refractivity contribution in [2.75, 3.05) is 33.5 Å². The second-order valence-corrected chi connectivity index (χ2v) is 19.5. The number of hydrogen-bond acceptors (Lipinski definition) is 12. The molecule has 1 unspecified atom stereocenters. The first-order chi connectivity index (χ1) is 33.9. The van der Waals surface area contributed by atoms with E-state index in [9.17, 15) is 19.6 Å². The van der Waals surface area contributed by atoms with Gasteiger partial charge in [0.25, 0.3) is 5.56 Å². The highest BCUT2D eigenvalue weighted by Gasteiger charge is 2.52. The van der Waals surface area contributed by atoms with E-state index in [1.165, 1.54) is 10.8 Å². The second kappa shape index (κ2) is 22.0. The van der Waals surface area contributed by atoms with Crippen LogP contribution in [0, 0.1) is 11.3 Å². The van der Waals surface area contributed by atoms with E-state index in [1.807, 2.05) is 167 Å². The van der Waals surface area contributed by atoms with Gasteiger partial charge in [-0.05, 0) is 78.8 Å². The van der Waals surface area contributed by atoms with Crippen LogP contribution in [-0.4, -0.2) is 84.3 Å². The fourth-order valence-electron chi connectivity index (χ4n) is 9.72. The van der Waals surface area contributed by atoms with Gasteiger partial charge in [-0.15, -0.1) is 0 Å². The highest BCUT2D eigenvalue weighted by atomic mass is 31.2. The van der Waals surface area contributed by atoms with Crippen molar-refractivity contribution in [3.05, 3.63) is 194 Å². The second-order valence-electron chi connectivity index (χ2n) is 17.6. The Labute approximate surface area is 407 Å². The van der Waals surface area contributed by atoms with E-state index < -0.39 is 67.2 Å². The van der Waals surface area contributed by atoms with Crippen LogP contribution in [0.4, 0.5) is 4.79 Å². The number of carbonyl (C=O) groups is 1. The molecule has 0 bridgehead atoms. The Bertz CT molecular complexity index is 2850. The normalized spacial score (nSPS) is 18.7. The summed E-state index contributed by atoms with van der Waals surface area (Å²) in [5.41, 5.74) is 3.50. The molecule has 5 aromatic carbocycles. The Hall–Kier alpha value is -6.63. The first-order valence-electron chi connectivity index (χ1n) is 23.3. The molecule has 2 heterocycles. The summed E-state index contributed by atoms with van der Waals surface area (Å²) in [7, 11) is -2.90. The van der Waals surface area contributed by atoms with Crippen molar-refractivity contribution in [1.29, 1.82) is 5.26 Å². The Morgan fingerprint density at radius 2 is 1.37 bits per heavy atom. The average molecular weight is 969 g/mol. The average Bonchev–Trinajstić information content (AvgIpc) is 3.68. The molecule has 0 spiro atoms. The molecule has 364 valence electrons. The molecule has 2 aliphatic rings. The number of nitriles is 1. The molecule has 1 aromatic heterocycles. The molecule has 1 aliphatic heterocycles. The summed E-state index contributed by atoms with van der Waals surface area (Å²) in [4.78, 5) is 42.9. The lowest BCUT2D eigenvalue weighted by atomic mass is 9.80. The number of ether oxygens (including phenoxy) is 5. The van der Waals surface area contributed by atoms with Crippen LogP contribution in [-0.2, 0) is 38.2 Å². The van der Waals surface area contributed by atoms with Crippen LogP contribution < -0.4 is 16.0 Å². The maximum Gasteiger partial charge on any atom is 0.508 e. The molecule has 15 nitrogen and oxygen atoms in total. The molecule has 1 fully saturated rings. The van der Waals surface area contributed by atoms with Crippen molar-refractivity contribution in [1.82, 2.24) is 14.2 Å². The number of nitrogens with one attached hydrogen (secondary N) is 1. The SMILES string of the molecule is COc1ccc(C(OC[C@H]2OC[C@@H](n3ccc(=O)[nH]c3=O)[C@H](OC(=O)OCC3c4ccccc4-c4ccccc43)[C@@H]2OP(=O)(OCCC#N)N(C(C)C)C(C)C)(c2ccccc2)c2ccccc2)cc1. The molecular formula is C54H57N4O11P. The lowest BCUT2D eigenvalue weighted by molar-refractivity contribution is -0.186. The van der Waals surface area contributed by atoms with Gasteiger partial charge in [-0.1, -0.05) is 121 Å². The Kier molecular flexibility index (Phi) is 15.6. The van der Waals surface area contributed by atoms with Gasteiger partial charge < -0.3 is 23.7 Å². The highest BCUT2D eigenvalue weighted by molar-refractivity contribution is 7.51. The first kappa shape index (κ1) is 49.8. The molecule has 0 saturated carbocycles. The number of benzene rings is 5. The summed E-state index contributed by atoms with van der Waals surface area (Å²) in [5, 5.41) is 9.58. The monoisotopic (exact) mass is 968 g/mol. The number of H-pyrrole nitrogens is 1. The van der Waals surface area contributed by atoms with Crippen molar-refractivity contribution in [2.24, 2.45) is 0 Å². The van der Waals surface area contributed by atoms with Crippen molar-refractivity contribution in [3.8, 4) is 22.9 Å². The summed E-state index contributed by atoms with van der Waals surface area (Å²) in [6.07, 6.45) is -4.16. The number of hydrogen-bond donors (Lipinski definition) is 1. The smallest absolute Gasteiger partial charge is 0.497 e. The van der Waals surface area contributed by atoms with Gasteiger partial charge in [-0.3, -0.25) is 23.4 Å². The number of fused-ring (bicyclic) bond motifs is 3. The quantitative estimate of drug-likeness (QED) is 0.0351. The fourth-order valence-corrected chi connectivity index (χ4v) is 12.0. The first-order valence-corrected chi connectivity index (χ1v) is 24.8. The summed E-state index contributed by atoms with van der Waals surface area (Å²) in [6.45, 7) is 6.42. The zero-order valence-electron chi connectivity index (χ0n) is 39.7. The third-order valence-electron chi connectivity index (χ3n) is 12.7. The molecule has 70 heavy (non-hydrogen) atoms. The van der Waals surface area contributed by atoms with E-state index >= 15 is 4.57 Å². The maximum absolute atomic E-state index is 15.7. The lowest BCUT2D eigenvalue weighted by Gasteiger charge is -2.46. The minimum Gasteiger partial charge on any atom is -0.497 e. The molecule has 1 N–H and O–H groups in total. The molecule has 0 radical (unpaired) electrons. The van der Waals surface area contributed by atoms with Gasteiger partial charge in [-0.25, -0.2) is 18.8 Å². The van der Waals surface area contributed by atoms with E-state index in [2.05, 4.69) is 4.98 Å². The van der Waals surface area contributed by atoms with E-state index in [-0.39, 0.29) is 38.8 Å². The number of aromatic nitrogens is 2. The number of nitrogens with zero attached hydrogens (tertiary/aromatic N) is 3. The van der Waals surface area contributed by atoms with E-state index in [4.69, 9.17) is 32.7 Å². The highest BCUT2D eigenvalue weighted by Crippen LogP contribution is 2.57. The Morgan fingerprint density at radius 3 is 1.93 bits per heavy atom. The van der Waals surface area contributed by atoms with Crippen LogP contribution in [0.5, 0.6) is 5.75 Å². The molecule has 5 atom stereocenters. The van der Waals surface area contributed by atoms with Crippen molar-refractivity contribution < 1.29 is 42.1 Å². The largest absolute Gasteiger partial charge is 0.508 e. The zero-order valence-corrected chi connectivity index (χ0v) is 40.6. The topological polar surface area (TPSA) is 181 Å². The van der Waals surface area contributed by atoms with Gasteiger partial charge in [0, 0.05) is 30.3 Å². The van der Waals surface area contributed by atoms with Crippen molar-refractivity contribution in [2.45, 2.75) is 82.1 Å². The van der Waals surface area contributed by atoms with E-state index in [0.717, 1.165) is 45.0 Å². The molecule has 16 heteroatoms. The van der Waals surface area contributed by atoms with Crippen LogP contribution >= 0.6 is 7.75 Å². The summed E-state index contributed by atoms with van der Waals surface area (Å²) < 4.78 is 63.3. The lowest BCUT2D eigenvalue weighted by Crippen LogP contribution is -2.57. The Balaban J connectivity index is 1.24. The van der Waals surface area contributed by atoms with Crippen LogP contribution in [0.1, 0.15) is 73.9 Å². The van der Waals surface area contributed by atoms with Crippen LogP contribution in [0.3, 0.4) is 0 Å². The molecule has 6 aromatic rings. The minimum absolute atomic E-state index is 0.0970. The molecule has 8 rings (SSSR count). The van der Waals surface area contributed by atoms with Gasteiger partial charge in [0.15, 0.2) is 6.10 Å². The summed E-state index contributed by atoms with van der Waals surface area (Å²) >= 11 is 0. The van der Waals surface area contributed by atoms with Gasteiger partial charge in [-0.2, -0.15) is 5.26 Å². The summed E-state index contributed by atoms with van der Waals surface area (Å²) in [6, 6.07) is 43.8. The zero-order chi connectivity index (χ0) is 49.4. The van der Waals surface area contributed by atoms with Gasteiger partial charge in [0.1, 0.15) is 36.2 Å². The molecule has 0 amide bonds. The third kappa shape index (κ3) is 10.3. The van der Waals surface area contributed by atoms with Crippen LogP contribution in [0.2, 0.25) is 0 Å².